The van der Waals surface area contributed by atoms with Gasteiger partial charge in [-0.25, -0.2) is 0 Å². The first kappa shape index (κ1) is 14.1. The van der Waals surface area contributed by atoms with E-state index in [1.165, 1.54) is 4.90 Å². The van der Waals surface area contributed by atoms with Crippen molar-refractivity contribution in [3.8, 4) is 0 Å². The molecule has 0 saturated carbocycles. The lowest BCUT2D eigenvalue weighted by molar-refractivity contribution is -0.132. The number of allylic oxidation sites excluding steroid dienone is 2. The number of carbonyl (C=O) groups is 2. The second-order valence-electron chi connectivity index (χ2n) is 4.65. The summed E-state index contributed by atoms with van der Waals surface area (Å²) in [5.41, 5.74) is 1.94. The Morgan fingerprint density at radius 3 is 2.65 bits per heavy atom. The molecule has 0 radical (unpaired) electrons. The Bertz CT molecular complexity index is 561. The van der Waals surface area contributed by atoms with Gasteiger partial charge in [0.1, 0.15) is 6.04 Å². The van der Waals surface area contributed by atoms with Gasteiger partial charge in [-0.05, 0) is 23.3 Å². The van der Waals surface area contributed by atoms with Gasteiger partial charge in [0.15, 0.2) is 0 Å². The average molecular weight is 270 g/mol. The molecule has 4 nitrogen and oxygen atoms in total. The second kappa shape index (κ2) is 6.19. The van der Waals surface area contributed by atoms with Crippen LogP contribution in [-0.2, 0) is 9.59 Å². The molecule has 0 bridgehead atoms. The van der Waals surface area contributed by atoms with E-state index >= 15 is 0 Å². The number of nitrogens with one attached hydrogen (secondary N) is 1. The Morgan fingerprint density at radius 2 is 2.00 bits per heavy atom. The molecule has 4 heteroatoms. The number of likely N-dealkylation sites (N-methyl/N-ethyl adjacent to an activating group) is 1. The van der Waals surface area contributed by atoms with E-state index < -0.39 is 6.04 Å². The van der Waals surface area contributed by atoms with E-state index in [0.717, 1.165) is 11.1 Å². The maximum Gasteiger partial charge on any atom is 0.252 e. The minimum absolute atomic E-state index is 0.137. The van der Waals surface area contributed by atoms with Crippen LogP contribution in [-0.4, -0.2) is 29.8 Å². The molecule has 2 amide bonds. The third-order valence-electron chi connectivity index (χ3n) is 3.18. The van der Waals surface area contributed by atoms with Gasteiger partial charge in [-0.2, -0.15) is 0 Å². The molecule has 0 saturated heterocycles. The molecule has 1 aromatic carbocycles. The third kappa shape index (κ3) is 3.15. The predicted octanol–water partition coefficient (Wildman–Crippen LogP) is 1.95. The second-order valence-corrected chi connectivity index (χ2v) is 4.65. The summed E-state index contributed by atoms with van der Waals surface area (Å²) in [7, 11) is 1.69. The van der Waals surface area contributed by atoms with Crippen molar-refractivity contribution in [1.29, 1.82) is 0 Å². The molecule has 1 atom stereocenters. The van der Waals surface area contributed by atoms with Crippen molar-refractivity contribution in [2.24, 2.45) is 0 Å². The Hall–Kier alpha value is -2.36. The molecular formula is C16H18N2O2. The van der Waals surface area contributed by atoms with E-state index in [4.69, 9.17) is 0 Å². The van der Waals surface area contributed by atoms with Crippen LogP contribution < -0.4 is 5.32 Å². The normalized spacial score (nSPS) is 18.5. The summed E-state index contributed by atoms with van der Waals surface area (Å²) in [6.07, 6.45) is 5.76. The first-order chi connectivity index (χ1) is 9.61. The van der Waals surface area contributed by atoms with Crippen molar-refractivity contribution in [2.75, 3.05) is 7.05 Å². The summed E-state index contributed by atoms with van der Waals surface area (Å²) in [6.45, 7) is 1.76. The lowest BCUT2D eigenvalue weighted by Crippen LogP contribution is -2.44. The maximum absolute atomic E-state index is 12.2. The SMILES string of the molecule is CCC(=O)N[C@H]1C=C(c2ccccc2)C=CN(C)C1=O. The molecule has 0 aromatic heterocycles. The zero-order valence-electron chi connectivity index (χ0n) is 11.7. The van der Waals surface area contributed by atoms with Gasteiger partial charge in [-0.15, -0.1) is 0 Å². The highest BCUT2D eigenvalue weighted by Crippen LogP contribution is 2.19. The maximum atomic E-state index is 12.2. The molecule has 0 unspecified atom stereocenters. The van der Waals surface area contributed by atoms with Crippen LogP contribution >= 0.6 is 0 Å². The van der Waals surface area contributed by atoms with Gasteiger partial charge in [0, 0.05) is 19.7 Å². The van der Waals surface area contributed by atoms with E-state index in [2.05, 4.69) is 5.32 Å². The van der Waals surface area contributed by atoms with Crippen LogP contribution in [0.2, 0.25) is 0 Å². The molecule has 104 valence electrons. The molecule has 1 aromatic rings. The molecule has 0 aliphatic carbocycles. The first-order valence-electron chi connectivity index (χ1n) is 6.63. The van der Waals surface area contributed by atoms with E-state index in [-0.39, 0.29) is 11.8 Å². The predicted molar refractivity (Wildman–Crippen MR) is 78.6 cm³/mol. The smallest absolute Gasteiger partial charge is 0.252 e. The summed E-state index contributed by atoms with van der Waals surface area (Å²) in [4.78, 5) is 25.2. The van der Waals surface area contributed by atoms with Crippen molar-refractivity contribution in [2.45, 2.75) is 19.4 Å². The highest BCUT2D eigenvalue weighted by atomic mass is 16.2. The van der Waals surface area contributed by atoms with Gasteiger partial charge >= 0.3 is 0 Å². The van der Waals surface area contributed by atoms with Crippen LogP contribution in [0.5, 0.6) is 0 Å². The average Bonchev–Trinajstić information content (AvgIpc) is 2.62. The lowest BCUT2D eigenvalue weighted by atomic mass is 10.0. The van der Waals surface area contributed by atoms with Crippen molar-refractivity contribution in [3.63, 3.8) is 0 Å². The quantitative estimate of drug-likeness (QED) is 0.912. The number of carbonyl (C=O) groups excluding carboxylic acids is 2. The molecule has 20 heavy (non-hydrogen) atoms. The molecule has 1 aliphatic heterocycles. The van der Waals surface area contributed by atoms with Crippen LogP contribution in [0.15, 0.2) is 48.7 Å². The van der Waals surface area contributed by atoms with Crippen LogP contribution in [0.25, 0.3) is 5.57 Å². The minimum atomic E-state index is -0.627. The van der Waals surface area contributed by atoms with Crippen molar-refractivity contribution in [1.82, 2.24) is 10.2 Å². The van der Waals surface area contributed by atoms with Gasteiger partial charge in [-0.1, -0.05) is 37.3 Å². The molecular weight excluding hydrogens is 252 g/mol. The van der Waals surface area contributed by atoms with Crippen LogP contribution in [0, 0.1) is 0 Å². The zero-order valence-corrected chi connectivity index (χ0v) is 11.7. The number of amides is 2. The molecule has 0 spiro atoms. The van der Waals surface area contributed by atoms with Crippen LogP contribution in [0.1, 0.15) is 18.9 Å². The standard InChI is InChI=1S/C16H18N2O2/c1-3-15(19)17-14-11-13(9-10-18(2)16(14)20)12-7-5-4-6-8-12/h4-11,14H,3H2,1-2H3,(H,17,19)/t14-/m0/s1. The van der Waals surface area contributed by atoms with E-state index in [1.54, 1.807) is 26.2 Å². The van der Waals surface area contributed by atoms with Crippen molar-refractivity contribution < 1.29 is 9.59 Å². The first-order valence-corrected chi connectivity index (χ1v) is 6.63. The summed E-state index contributed by atoms with van der Waals surface area (Å²) < 4.78 is 0. The number of hydrogen-bond acceptors (Lipinski definition) is 2. The molecule has 1 N–H and O–H groups in total. The zero-order chi connectivity index (χ0) is 14.5. The van der Waals surface area contributed by atoms with Crippen LogP contribution in [0.4, 0.5) is 0 Å². The fraction of sp³-hybridized carbons (Fsp3) is 0.250. The number of rotatable bonds is 3. The highest BCUT2D eigenvalue weighted by molar-refractivity contribution is 5.93. The molecule has 0 fully saturated rings. The molecule has 2 rings (SSSR count). The van der Waals surface area contributed by atoms with E-state index in [1.807, 2.05) is 36.4 Å². The summed E-state index contributed by atoms with van der Waals surface area (Å²) >= 11 is 0. The Kier molecular flexibility index (Phi) is 4.35. The monoisotopic (exact) mass is 270 g/mol. The van der Waals surface area contributed by atoms with Gasteiger partial charge in [-0.3, -0.25) is 9.59 Å². The molecule has 1 heterocycles. The Labute approximate surface area is 118 Å². The number of nitrogens with zero attached hydrogens (tertiary/aromatic N) is 1. The summed E-state index contributed by atoms with van der Waals surface area (Å²) in [6, 6.07) is 9.16. The van der Waals surface area contributed by atoms with Gasteiger partial charge in [0.2, 0.25) is 5.91 Å². The fourth-order valence-electron chi connectivity index (χ4n) is 1.99. The summed E-state index contributed by atoms with van der Waals surface area (Å²) in [5, 5.41) is 2.74. The van der Waals surface area contributed by atoms with Gasteiger partial charge < -0.3 is 10.2 Å². The fourth-order valence-corrected chi connectivity index (χ4v) is 1.99. The number of hydrogen-bond donors (Lipinski definition) is 1. The number of benzene rings is 1. The minimum Gasteiger partial charge on any atom is -0.341 e. The van der Waals surface area contributed by atoms with E-state index in [9.17, 15) is 9.59 Å². The Balaban J connectivity index is 2.34. The van der Waals surface area contributed by atoms with Gasteiger partial charge in [0.05, 0.1) is 0 Å². The third-order valence-corrected chi connectivity index (χ3v) is 3.18. The Morgan fingerprint density at radius 1 is 1.30 bits per heavy atom. The van der Waals surface area contributed by atoms with Crippen molar-refractivity contribution in [3.05, 3.63) is 54.2 Å². The van der Waals surface area contributed by atoms with Gasteiger partial charge in [0.25, 0.3) is 5.91 Å². The summed E-state index contributed by atoms with van der Waals surface area (Å²) in [5.74, 6) is -0.281. The van der Waals surface area contributed by atoms with E-state index in [0.29, 0.717) is 6.42 Å². The van der Waals surface area contributed by atoms with Crippen LogP contribution in [0.3, 0.4) is 0 Å². The lowest BCUT2D eigenvalue weighted by Gasteiger charge is -2.18. The van der Waals surface area contributed by atoms with Crippen molar-refractivity contribution >= 4 is 17.4 Å². The largest absolute Gasteiger partial charge is 0.341 e. The molecule has 1 aliphatic rings. The topological polar surface area (TPSA) is 49.4 Å². The highest BCUT2D eigenvalue weighted by Gasteiger charge is 2.23.